The second-order valence-electron chi connectivity index (χ2n) is 5.27. The number of hydrogen-bond donors (Lipinski definition) is 0. The van der Waals surface area contributed by atoms with E-state index < -0.39 is 0 Å². The van der Waals surface area contributed by atoms with Crippen LogP contribution in [-0.2, 0) is 5.41 Å². The molecule has 0 heterocycles. The zero-order valence-electron chi connectivity index (χ0n) is 9.31. The molecule has 0 N–H and O–H groups in total. The second-order valence-corrected chi connectivity index (χ2v) is 6.08. The van der Waals surface area contributed by atoms with Crippen LogP contribution in [-0.4, -0.2) is 0 Å². The first-order valence-corrected chi connectivity index (χ1v) is 6.93. The Hall–Kier alpha value is -0.200. The second kappa shape index (κ2) is 3.92. The van der Waals surface area contributed by atoms with Gasteiger partial charge in [0.05, 0.1) is 10.0 Å². The molecule has 1 aromatic carbocycles. The van der Waals surface area contributed by atoms with Gasteiger partial charge in [0.25, 0.3) is 0 Å². The molecule has 2 saturated carbocycles. The van der Waals surface area contributed by atoms with Gasteiger partial charge in [-0.3, -0.25) is 0 Å². The van der Waals surface area contributed by atoms with Gasteiger partial charge < -0.3 is 0 Å². The lowest BCUT2D eigenvalue weighted by Gasteiger charge is -2.30. The lowest BCUT2D eigenvalue weighted by atomic mass is 9.74. The molecule has 3 rings (SSSR count). The van der Waals surface area contributed by atoms with E-state index in [9.17, 15) is 0 Å². The topological polar surface area (TPSA) is 0 Å². The average molecular weight is 255 g/mol. The van der Waals surface area contributed by atoms with Crippen molar-refractivity contribution in [3.05, 3.63) is 33.8 Å². The molecule has 2 aliphatic carbocycles. The van der Waals surface area contributed by atoms with Gasteiger partial charge in [-0.1, -0.05) is 42.1 Å². The highest BCUT2D eigenvalue weighted by Gasteiger charge is 2.47. The van der Waals surface area contributed by atoms with Crippen LogP contribution in [0, 0.1) is 5.92 Å². The normalized spacial score (nSPS) is 33.0. The predicted octanol–water partition coefficient (Wildman–Crippen LogP) is 5.22. The summed E-state index contributed by atoms with van der Waals surface area (Å²) in [4.78, 5) is 0. The van der Waals surface area contributed by atoms with Crippen molar-refractivity contribution >= 4 is 23.2 Å². The van der Waals surface area contributed by atoms with Gasteiger partial charge in [0.2, 0.25) is 0 Å². The molecule has 0 nitrogen and oxygen atoms in total. The van der Waals surface area contributed by atoms with Crippen molar-refractivity contribution in [1.82, 2.24) is 0 Å². The summed E-state index contributed by atoms with van der Waals surface area (Å²) >= 11 is 12.1. The highest BCUT2D eigenvalue weighted by atomic mass is 35.5. The van der Waals surface area contributed by atoms with Gasteiger partial charge in [0.15, 0.2) is 0 Å². The van der Waals surface area contributed by atoms with Gasteiger partial charge in [0.1, 0.15) is 0 Å². The van der Waals surface area contributed by atoms with Crippen LogP contribution in [0.25, 0.3) is 0 Å². The molecule has 2 aliphatic rings. The van der Waals surface area contributed by atoms with Gasteiger partial charge in [0, 0.05) is 0 Å². The molecule has 1 aromatic rings. The van der Waals surface area contributed by atoms with Crippen LogP contribution < -0.4 is 0 Å². The van der Waals surface area contributed by atoms with Crippen molar-refractivity contribution in [2.45, 2.75) is 43.9 Å². The van der Waals surface area contributed by atoms with Gasteiger partial charge in [-0.05, 0) is 54.7 Å². The van der Waals surface area contributed by atoms with Crippen molar-refractivity contribution in [2.24, 2.45) is 5.92 Å². The molecule has 0 bridgehead atoms. The zero-order valence-corrected chi connectivity index (χ0v) is 10.8. The first kappa shape index (κ1) is 10.9. The van der Waals surface area contributed by atoms with E-state index in [0.29, 0.717) is 15.5 Å². The summed E-state index contributed by atoms with van der Waals surface area (Å²) in [6.45, 7) is 0. The average Bonchev–Trinajstić information content (AvgIpc) is 2.81. The van der Waals surface area contributed by atoms with Crippen LogP contribution in [0.15, 0.2) is 18.2 Å². The fraction of sp³-hybridized carbons (Fsp3) is 0.571. The first-order chi connectivity index (χ1) is 7.72. The zero-order chi connectivity index (χ0) is 11.2. The van der Waals surface area contributed by atoms with Gasteiger partial charge in [-0.25, -0.2) is 0 Å². The van der Waals surface area contributed by atoms with E-state index in [0.717, 1.165) is 5.92 Å². The van der Waals surface area contributed by atoms with Crippen molar-refractivity contribution in [2.75, 3.05) is 0 Å². The van der Waals surface area contributed by atoms with Crippen LogP contribution in [0.2, 0.25) is 10.0 Å². The summed E-state index contributed by atoms with van der Waals surface area (Å²) in [7, 11) is 0. The van der Waals surface area contributed by atoms with Crippen LogP contribution in [0.4, 0.5) is 0 Å². The summed E-state index contributed by atoms with van der Waals surface area (Å²) < 4.78 is 0. The molecule has 0 atom stereocenters. The van der Waals surface area contributed by atoms with Gasteiger partial charge in [-0.15, -0.1) is 0 Å². The molecule has 2 heteroatoms. The van der Waals surface area contributed by atoms with E-state index in [4.69, 9.17) is 23.2 Å². The fourth-order valence-electron chi connectivity index (χ4n) is 3.89. The molecule has 0 saturated heterocycles. The summed E-state index contributed by atoms with van der Waals surface area (Å²) in [5.41, 5.74) is 1.87. The summed E-state index contributed by atoms with van der Waals surface area (Å²) in [6, 6.07) is 6.26. The Bertz CT molecular complexity index is 401. The first-order valence-electron chi connectivity index (χ1n) is 6.18. The van der Waals surface area contributed by atoms with E-state index in [1.165, 1.54) is 44.1 Å². The Morgan fingerprint density at radius 2 is 1.69 bits per heavy atom. The quantitative estimate of drug-likeness (QED) is 0.645. The summed E-state index contributed by atoms with van der Waals surface area (Å²) in [5, 5.41) is 1.39. The maximum Gasteiger partial charge on any atom is 0.0595 e. The lowest BCUT2D eigenvalue weighted by molar-refractivity contribution is 0.369. The molecule has 0 aromatic heterocycles. The summed E-state index contributed by atoms with van der Waals surface area (Å²) in [6.07, 6.45) is 8.25. The summed E-state index contributed by atoms with van der Waals surface area (Å²) in [5.74, 6) is 0.893. The van der Waals surface area contributed by atoms with E-state index in [1.54, 1.807) is 0 Å². The molecule has 0 amide bonds. The monoisotopic (exact) mass is 254 g/mol. The Morgan fingerprint density at radius 3 is 2.31 bits per heavy atom. The largest absolute Gasteiger partial charge is 0.0827 e. The number of hydrogen-bond acceptors (Lipinski definition) is 0. The third-order valence-electron chi connectivity index (χ3n) is 4.63. The maximum atomic E-state index is 6.15. The fourth-order valence-corrected chi connectivity index (χ4v) is 4.19. The van der Waals surface area contributed by atoms with Crippen LogP contribution in [0.5, 0.6) is 0 Å². The number of rotatable bonds is 1. The molecule has 0 radical (unpaired) electrons. The maximum absolute atomic E-state index is 6.15. The minimum atomic E-state index is 0.439. The standard InChI is InChI=1S/C14H16Cl2/c15-12-6-5-11(9-13(12)16)14-7-1-3-10(14)4-2-8-14/h5-6,9-10H,1-4,7-8H2. The highest BCUT2D eigenvalue weighted by Crippen LogP contribution is 2.55. The molecule has 0 spiro atoms. The Kier molecular flexibility index (Phi) is 2.68. The van der Waals surface area contributed by atoms with E-state index in [1.807, 2.05) is 6.07 Å². The Labute approximate surface area is 107 Å². The minimum absolute atomic E-state index is 0.439. The molecular weight excluding hydrogens is 239 g/mol. The SMILES string of the molecule is Clc1ccc(C23CCCC2CCC3)cc1Cl. The lowest BCUT2D eigenvalue weighted by Crippen LogP contribution is -2.25. The number of benzene rings is 1. The van der Waals surface area contributed by atoms with E-state index >= 15 is 0 Å². The smallest absolute Gasteiger partial charge is 0.0595 e. The third-order valence-corrected chi connectivity index (χ3v) is 5.37. The Balaban J connectivity index is 2.04. The van der Waals surface area contributed by atoms with Crippen molar-refractivity contribution in [1.29, 1.82) is 0 Å². The van der Waals surface area contributed by atoms with Crippen LogP contribution >= 0.6 is 23.2 Å². The molecule has 2 fully saturated rings. The van der Waals surface area contributed by atoms with Gasteiger partial charge in [-0.2, -0.15) is 0 Å². The highest BCUT2D eigenvalue weighted by molar-refractivity contribution is 6.42. The van der Waals surface area contributed by atoms with Crippen molar-refractivity contribution in [3.63, 3.8) is 0 Å². The molecule has 0 unspecified atom stereocenters. The predicted molar refractivity (Wildman–Crippen MR) is 69.3 cm³/mol. The molecule has 86 valence electrons. The molecular formula is C14H16Cl2. The van der Waals surface area contributed by atoms with Gasteiger partial charge >= 0.3 is 0 Å². The third kappa shape index (κ3) is 1.50. The minimum Gasteiger partial charge on any atom is -0.0827 e. The van der Waals surface area contributed by atoms with E-state index in [2.05, 4.69) is 12.1 Å². The Morgan fingerprint density at radius 1 is 1.00 bits per heavy atom. The number of halogens is 2. The van der Waals surface area contributed by atoms with Crippen molar-refractivity contribution in [3.8, 4) is 0 Å². The van der Waals surface area contributed by atoms with Crippen molar-refractivity contribution < 1.29 is 0 Å². The molecule has 0 aliphatic heterocycles. The molecule has 16 heavy (non-hydrogen) atoms. The van der Waals surface area contributed by atoms with E-state index in [-0.39, 0.29) is 0 Å². The van der Waals surface area contributed by atoms with Crippen LogP contribution in [0.1, 0.15) is 44.1 Å². The number of fused-ring (bicyclic) bond motifs is 1. The van der Waals surface area contributed by atoms with Crippen LogP contribution in [0.3, 0.4) is 0 Å².